The summed E-state index contributed by atoms with van der Waals surface area (Å²) in [6.45, 7) is 10.6. The van der Waals surface area contributed by atoms with Crippen molar-refractivity contribution in [2.45, 2.75) is 105 Å². The molecule has 0 bridgehead atoms. The van der Waals surface area contributed by atoms with Gasteiger partial charge in [-0.3, -0.25) is 9.00 Å². The Hall–Kier alpha value is -0.640. The molecule has 0 heterocycles. The molecule has 0 rings (SSSR count). The molecule has 3 nitrogen and oxygen atoms in total. The van der Waals surface area contributed by atoms with Crippen LogP contribution in [-0.2, 0) is 20.3 Å². The molecule has 0 amide bonds. The van der Waals surface area contributed by atoms with E-state index in [4.69, 9.17) is 4.74 Å². The van der Waals surface area contributed by atoms with E-state index in [1.807, 2.05) is 6.08 Å². The molecule has 0 aliphatic heterocycles. The van der Waals surface area contributed by atoms with Crippen LogP contribution in [0.1, 0.15) is 105 Å². The summed E-state index contributed by atoms with van der Waals surface area (Å²) >= 11 is 0. The highest BCUT2D eigenvalue weighted by Crippen LogP contribution is 2.22. The lowest BCUT2D eigenvalue weighted by Gasteiger charge is -2.16. The molecule has 0 aliphatic rings. The molecule has 0 spiro atoms. The predicted molar refractivity (Wildman–Crippen MR) is 114 cm³/mol. The Morgan fingerprint density at radius 2 is 1.38 bits per heavy atom. The molecule has 0 aromatic carbocycles. The Bertz CT molecular complexity index is 422. The maximum atomic E-state index is 12.6. The Kier molecular flexibility index (Phi) is 15.0. The van der Waals surface area contributed by atoms with Crippen molar-refractivity contribution < 1.29 is 13.7 Å². The summed E-state index contributed by atoms with van der Waals surface area (Å²) in [4.78, 5) is 12.5. The average Bonchev–Trinajstić information content (AvgIpc) is 2.54. The second kappa shape index (κ2) is 15.4. The molecule has 0 aliphatic carbocycles. The minimum absolute atomic E-state index is 0.0880. The van der Waals surface area contributed by atoms with Crippen LogP contribution >= 0.6 is 0 Å². The van der Waals surface area contributed by atoms with Crippen LogP contribution in [0.4, 0.5) is 0 Å². The van der Waals surface area contributed by atoms with Crippen molar-refractivity contribution in [1.82, 2.24) is 0 Å². The van der Waals surface area contributed by atoms with Gasteiger partial charge in [-0.1, -0.05) is 91.6 Å². The summed E-state index contributed by atoms with van der Waals surface area (Å²) in [5.74, 6) is 0.372. The van der Waals surface area contributed by atoms with E-state index in [0.717, 1.165) is 17.7 Å². The molecule has 0 radical (unpaired) electrons. The number of ether oxygens (including phenoxy) is 1. The third-order valence-corrected chi connectivity index (χ3v) is 5.70. The Morgan fingerprint density at radius 1 is 0.885 bits per heavy atom. The lowest BCUT2D eigenvalue weighted by molar-refractivity contribution is -0.142. The van der Waals surface area contributed by atoms with Gasteiger partial charge in [-0.2, -0.15) is 0 Å². The van der Waals surface area contributed by atoms with Gasteiger partial charge in [0.15, 0.2) is 0 Å². The summed E-state index contributed by atoms with van der Waals surface area (Å²) in [6.07, 6.45) is 14.8. The lowest BCUT2D eigenvalue weighted by Crippen LogP contribution is -2.13. The summed E-state index contributed by atoms with van der Waals surface area (Å²) in [5, 5.41) is 0. The van der Waals surface area contributed by atoms with Crippen LogP contribution in [0.2, 0.25) is 0 Å². The van der Waals surface area contributed by atoms with E-state index in [0.29, 0.717) is 12.4 Å². The molecule has 0 fully saturated rings. The zero-order chi connectivity index (χ0) is 19.8. The van der Waals surface area contributed by atoms with Gasteiger partial charge < -0.3 is 4.74 Å². The van der Waals surface area contributed by atoms with E-state index >= 15 is 0 Å². The van der Waals surface area contributed by atoms with Crippen LogP contribution < -0.4 is 0 Å². The van der Waals surface area contributed by atoms with E-state index < -0.39 is 10.8 Å². The molecule has 26 heavy (non-hydrogen) atoms. The predicted octanol–water partition coefficient (Wildman–Crippen LogP) is 6.54. The quantitative estimate of drug-likeness (QED) is 0.237. The van der Waals surface area contributed by atoms with Gasteiger partial charge >= 0.3 is 5.97 Å². The van der Waals surface area contributed by atoms with Crippen molar-refractivity contribution in [3.05, 3.63) is 11.0 Å². The number of rotatable bonds is 15. The second-order valence-electron chi connectivity index (χ2n) is 8.19. The molecule has 154 valence electrons. The van der Waals surface area contributed by atoms with Crippen molar-refractivity contribution in [3.63, 3.8) is 0 Å². The minimum Gasteiger partial charge on any atom is -0.466 e. The molecule has 0 aromatic rings. The first-order valence-corrected chi connectivity index (χ1v) is 11.9. The van der Waals surface area contributed by atoms with E-state index in [9.17, 15) is 9.00 Å². The molecule has 1 atom stereocenters. The van der Waals surface area contributed by atoms with E-state index in [-0.39, 0.29) is 17.8 Å². The van der Waals surface area contributed by atoms with Crippen LogP contribution in [0.5, 0.6) is 0 Å². The van der Waals surface area contributed by atoms with Crippen molar-refractivity contribution in [1.29, 1.82) is 0 Å². The van der Waals surface area contributed by atoms with Gasteiger partial charge in [-0.15, -0.1) is 0 Å². The summed E-state index contributed by atoms with van der Waals surface area (Å²) in [5.41, 5.74) is -0.0880. The fourth-order valence-electron chi connectivity index (χ4n) is 2.89. The van der Waals surface area contributed by atoms with Gasteiger partial charge in [0, 0.05) is 21.5 Å². The Labute approximate surface area is 164 Å². The number of carbonyl (C=O) groups excluding carboxylic acids is 1. The van der Waals surface area contributed by atoms with E-state index in [1.54, 1.807) is 6.92 Å². The third kappa shape index (κ3) is 15.6. The van der Waals surface area contributed by atoms with Crippen molar-refractivity contribution in [2.75, 3.05) is 12.4 Å². The normalized spacial score (nSPS) is 13.7. The van der Waals surface area contributed by atoms with Gasteiger partial charge in [-0.25, -0.2) is 0 Å². The molecular formula is C22H42O3S. The smallest absolute Gasteiger partial charge is 0.310 e. The van der Waals surface area contributed by atoms with Crippen molar-refractivity contribution in [2.24, 2.45) is 5.41 Å². The first kappa shape index (κ1) is 25.4. The van der Waals surface area contributed by atoms with E-state index in [1.165, 1.54) is 51.4 Å². The molecule has 0 saturated heterocycles. The minimum atomic E-state index is -1.08. The van der Waals surface area contributed by atoms with Gasteiger partial charge in [0.25, 0.3) is 0 Å². The highest BCUT2D eigenvalue weighted by molar-refractivity contribution is 7.89. The van der Waals surface area contributed by atoms with Gasteiger partial charge in [0.1, 0.15) is 0 Å². The van der Waals surface area contributed by atoms with Crippen LogP contribution in [0.15, 0.2) is 11.0 Å². The van der Waals surface area contributed by atoms with Crippen LogP contribution in [0.25, 0.3) is 0 Å². The Morgan fingerprint density at radius 3 is 1.85 bits per heavy atom. The van der Waals surface area contributed by atoms with Crippen LogP contribution in [-0.4, -0.2) is 22.5 Å². The second-order valence-corrected chi connectivity index (χ2v) is 9.81. The maximum absolute atomic E-state index is 12.6. The van der Waals surface area contributed by atoms with Crippen LogP contribution in [0.3, 0.4) is 0 Å². The topological polar surface area (TPSA) is 43.4 Å². The fraction of sp³-hybridized carbons (Fsp3) is 0.864. The first-order chi connectivity index (χ1) is 12.3. The van der Waals surface area contributed by atoms with Crippen LogP contribution in [0, 0.1) is 5.41 Å². The fourth-order valence-corrected chi connectivity index (χ4v) is 4.38. The molecule has 4 heteroatoms. The number of carbonyl (C=O) groups is 1. The zero-order valence-electron chi connectivity index (χ0n) is 17.9. The molecule has 0 saturated carbocycles. The first-order valence-electron chi connectivity index (χ1n) is 10.6. The number of hydrogen-bond donors (Lipinski definition) is 0. The highest BCUT2D eigenvalue weighted by Gasteiger charge is 2.17. The number of esters is 1. The standard InChI is InChI=1S/C22H42O3S/c1-6-8-9-10-11-12-13-14-15-16-17-26(24)20(19-22(3,4)5)18-21(23)25-7-2/h19H,6-18H2,1-5H3/b20-19+/t26-/m1/s1. The molecule has 0 aromatic heterocycles. The molecule has 0 unspecified atom stereocenters. The van der Waals surface area contributed by atoms with E-state index in [2.05, 4.69) is 27.7 Å². The van der Waals surface area contributed by atoms with Crippen molar-refractivity contribution in [3.8, 4) is 0 Å². The summed E-state index contributed by atoms with van der Waals surface area (Å²) in [6, 6.07) is 0. The lowest BCUT2D eigenvalue weighted by atomic mass is 9.96. The number of allylic oxidation sites excluding steroid dienone is 1. The number of hydrogen-bond acceptors (Lipinski definition) is 3. The average molecular weight is 387 g/mol. The SMILES string of the molecule is CCCCCCCCCCCC[S@@](=O)/C(=C/C(C)(C)C)CC(=O)OCC. The van der Waals surface area contributed by atoms with Crippen molar-refractivity contribution >= 4 is 16.8 Å². The number of unbranched alkanes of at least 4 members (excludes halogenated alkanes) is 9. The van der Waals surface area contributed by atoms with Gasteiger partial charge in [-0.05, 0) is 18.8 Å². The largest absolute Gasteiger partial charge is 0.466 e. The van der Waals surface area contributed by atoms with Gasteiger partial charge in [0.05, 0.1) is 13.0 Å². The zero-order valence-corrected chi connectivity index (χ0v) is 18.7. The molecular weight excluding hydrogens is 344 g/mol. The Balaban J connectivity index is 4.10. The third-order valence-electron chi connectivity index (χ3n) is 4.19. The summed E-state index contributed by atoms with van der Waals surface area (Å²) in [7, 11) is -1.08. The summed E-state index contributed by atoms with van der Waals surface area (Å²) < 4.78 is 17.7. The highest BCUT2D eigenvalue weighted by atomic mass is 32.2. The van der Waals surface area contributed by atoms with Gasteiger partial charge in [0.2, 0.25) is 0 Å². The maximum Gasteiger partial charge on any atom is 0.310 e. The molecule has 0 N–H and O–H groups in total. The monoisotopic (exact) mass is 386 g/mol.